The summed E-state index contributed by atoms with van der Waals surface area (Å²) in [5.74, 6) is 1.02. The first kappa shape index (κ1) is 12.8. The van der Waals surface area contributed by atoms with Gasteiger partial charge in [-0.2, -0.15) is 5.26 Å². The number of ether oxygens (including phenoxy) is 1. The highest BCUT2D eigenvalue weighted by Crippen LogP contribution is 2.13. The Morgan fingerprint density at radius 3 is 2.81 bits per heavy atom. The molecule has 2 aromatic heterocycles. The number of hydrogen-bond donors (Lipinski definition) is 1. The van der Waals surface area contributed by atoms with Gasteiger partial charge in [-0.15, -0.1) is 0 Å². The van der Waals surface area contributed by atoms with Crippen LogP contribution < -0.4 is 10.3 Å². The van der Waals surface area contributed by atoms with Crippen molar-refractivity contribution in [3.05, 3.63) is 64.5 Å². The highest BCUT2D eigenvalue weighted by Gasteiger charge is 2.04. The monoisotopic (exact) mass is 278 g/mol. The smallest absolute Gasteiger partial charge is 0.258 e. The molecule has 0 amide bonds. The Morgan fingerprint density at radius 2 is 2.05 bits per heavy atom. The van der Waals surface area contributed by atoms with Crippen molar-refractivity contribution in [2.24, 2.45) is 0 Å². The standard InChI is InChI=1S/C15H10N4O2/c16-7-10-1-3-11(4-2-10)21-9-14-18-13-8-17-6-5-12(13)15(20)19-14/h1-6,8H,9H2,(H,18,19,20). The van der Waals surface area contributed by atoms with Crippen molar-refractivity contribution in [2.75, 3.05) is 0 Å². The van der Waals surface area contributed by atoms with Crippen LogP contribution >= 0.6 is 0 Å². The van der Waals surface area contributed by atoms with Crippen LogP contribution in [0.25, 0.3) is 10.9 Å². The molecule has 0 bridgehead atoms. The van der Waals surface area contributed by atoms with Crippen LogP contribution in [-0.4, -0.2) is 15.0 Å². The van der Waals surface area contributed by atoms with Gasteiger partial charge in [0.25, 0.3) is 5.56 Å². The zero-order valence-electron chi connectivity index (χ0n) is 10.9. The summed E-state index contributed by atoms with van der Waals surface area (Å²) in [6.45, 7) is 0.131. The predicted octanol–water partition coefficient (Wildman–Crippen LogP) is 1.77. The van der Waals surface area contributed by atoms with E-state index in [4.69, 9.17) is 10.00 Å². The fraction of sp³-hybridized carbons (Fsp3) is 0.0667. The number of nitrogens with zero attached hydrogens (tertiary/aromatic N) is 3. The third kappa shape index (κ3) is 2.72. The van der Waals surface area contributed by atoms with Gasteiger partial charge in [-0.05, 0) is 30.3 Å². The molecule has 6 nitrogen and oxygen atoms in total. The molecule has 1 N–H and O–H groups in total. The molecule has 3 rings (SSSR count). The fourth-order valence-electron chi connectivity index (χ4n) is 1.88. The predicted molar refractivity (Wildman–Crippen MR) is 75.6 cm³/mol. The van der Waals surface area contributed by atoms with Gasteiger partial charge in [-0.3, -0.25) is 9.78 Å². The SMILES string of the molecule is N#Cc1ccc(OCc2nc3cnccc3c(=O)[nH]2)cc1. The lowest BCUT2D eigenvalue weighted by Gasteiger charge is -2.06. The molecule has 21 heavy (non-hydrogen) atoms. The van der Waals surface area contributed by atoms with Gasteiger partial charge in [0.2, 0.25) is 0 Å². The lowest BCUT2D eigenvalue weighted by Crippen LogP contribution is -2.13. The molecule has 1 aromatic carbocycles. The van der Waals surface area contributed by atoms with Crippen molar-refractivity contribution >= 4 is 10.9 Å². The maximum atomic E-state index is 11.9. The van der Waals surface area contributed by atoms with Crippen LogP contribution in [0.4, 0.5) is 0 Å². The average Bonchev–Trinajstić information content (AvgIpc) is 2.53. The number of hydrogen-bond acceptors (Lipinski definition) is 5. The minimum Gasteiger partial charge on any atom is -0.486 e. The third-order valence-corrected chi connectivity index (χ3v) is 2.92. The molecule has 102 valence electrons. The molecule has 3 aromatic rings. The Labute approximate surface area is 119 Å². The number of H-pyrrole nitrogens is 1. The molecule has 2 heterocycles. The number of nitriles is 1. The number of benzene rings is 1. The number of aromatic nitrogens is 3. The maximum Gasteiger partial charge on any atom is 0.258 e. The summed E-state index contributed by atoms with van der Waals surface area (Å²) < 4.78 is 5.53. The van der Waals surface area contributed by atoms with Crippen molar-refractivity contribution in [1.82, 2.24) is 15.0 Å². The zero-order chi connectivity index (χ0) is 14.7. The molecule has 0 aliphatic heterocycles. The molecule has 0 aliphatic carbocycles. The van der Waals surface area contributed by atoms with E-state index in [0.29, 0.717) is 28.0 Å². The van der Waals surface area contributed by atoms with E-state index >= 15 is 0 Å². The van der Waals surface area contributed by atoms with Crippen molar-refractivity contribution in [3.8, 4) is 11.8 Å². The molecule has 0 saturated heterocycles. The van der Waals surface area contributed by atoms with Gasteiger partial charge in [0, 0.05) is 6.20 Å². The molecule has 0 saturated carbocycles. The van der Waals surface area contributed by atoms with Gasteiger partial charge in [-0.1, -0.05) is 0 Å². The summed E-state index contributed by atoms with van der Waals surface area (Å²) in [5, 5.41) is 9.21. The lowest BCUT2D eigenvalue weighted by atomic mass is 10.2. The molecule has 0 radical (unpaired) electrons. The van der Waals surface area contributed by atoms with Crippen LogP contribution in [0, 0.1) is 11.3 Å². The summed E-state index contributed by atoms with van der Waals surface area (Å²) in [6.07, 6.45) is 3.09. The second kappa shape index (κ2) is 5.43. The topological polar surface area (TPSA) is 91.7 Å². The first-order chi connectivity index (χ1) is 10.3. The summed E-state index contributed by atoms with van der Waals surface area (Å²) in [5.41, 5.74) is 0.867. The van der Waals surface area contributed by atoms with Crippen LogP contribution in [0.3, 0.4) is 0 Å². The Kier molecular flexibility index (Phi) is 3.31. The Hall–Kier alpha value is -3.20. The summed E-state index contributed by atoms with van der Waals surface area (Å²) in [6, 6.07) is 10.4. The Bertz CT molecular complexity index is 879. The number of pyridine rings is 1. The van der Waals surface area contributed by atoms with Crippen LogP contribution in [0.2, 0.25) is 0 Å². The zero-order valence-corrected chi connectivity index (χ0v) is 10.9. The molecule has 0 atom stereocenters. The molecule has 6 heteroatoms. The Balaban J connectivity index is 1.81. The highest BCUT2D eigenvalue weighted by atomic mass is 16.5. The van der Waals surface area contributed by atoms with Gasteiger partial charge in [0.05, 0.1) is 28.7 Å². The summed E-state index contributed by atoms with van der Waals surface area (Å²) in [4.78, 5) is 22.8. The number of nitrogens with one attached hydrogen (secondary N) is 1. The maximum absolute atomic E-state index is 11.9. The second-order valence-electron chi connectivity index (χ2n) is 4.33. The lowest BCUT2D eigenvalue weighted by molar-refractivity contribution is 0.296. The fourth-order valence-corrected chi connectivity index (χ4v) is 1.88. The van der Waals surface area contributed by atoms with E-state index in [9.17, 15) is 4.79 Å². The van der Waals surface area contributed by atoms with Crippen LogP contribution in [-0.2, 0) is 6.61 Å². The van der Waals surface area contributed by atoms with Gasteiger partial charge >= 0.3 is 0 Å². The summed E-state index contributed by atoms with van der Waals surface area (Å²) in [7, 11) is 0. The van der Waals surface area contributed by atoms with E-state index in [2.05, 4.69) is 15.0 Å². The van der Waals surface area contributed by atoms with Gasteiger partial charge < -0.3 is 9.72 Å². The first-order valence-electron chi connectivity index (χ1n) is 6.22. The third-order valence-electron chi connectivity index (χ3n) is 2.92. The van der Waals surface area contributed by atoms with Gasteiger partial charge in [0.1, 0.15) is 18.2 Å². The van der Waals surface area contributed by atoms with Crippen LogP contribution in [0.5, 0.6) is 5.75 Å². The van der Waals surface area contributed by atoms with E-state index in [1.54, 1.807) is 36.5 Å². The highest BCUT2D eigenvalue weighted by molar-refractivity contribution is 5.75. The number of aromatic amines is 1. The minimum absolute atomic E-state index is 0.131. The van der Waals surface area contributed by atoms with Crippen molar-refractivity contribution in [2.45, 2.75) is 6.61 Å². The molecule has 0 fully saturated rings. The van der Waals surface area contributed by atoms with E-state index in [0.717, 1.165) is 0 Å². The van der Waals surface area contributed by atoms with Gasteiger partial charge in [0.15, 0.2) is 0 Å². The Morgan fingerprint density at radius 1 is 1.24 bits per heavy atom. The van der Waals surface area contributed by atoms with E-state index in [-0.39, 0.29) is 12.2 Å². The van der Waals surface area contributed by atoms with E-state index in [1.165, 1.54) is 6.20 Å². The normalized spacial score (nSPS) is 10.2. The van der Waals surface area contributed by atoms with Crippen molar-refractivity contribution in [1.29, 1.82) is 5.26 Å². The average molecular weight is 278 g/mol. The summed E-state index contributed by atoms with van der Waals surface area (Å²) >= 11 is 0. The molecule has 0 aliphatic rings. The van der Waals surface area contributed by atoms with E-state index < -0.39 is 0 Å². The largest absolute Gasteiger partial charge is 0.486 e. The minimum atomic E-state index is -0.221. The van der Waals surface area contributed by atoms with Crippen LogP contribution in [0.1, 0.15) is 11.4 Å². The molecule has 0 spiro atoms. The number of fused-ring (bicyclic) bond motifs is 1. The first-order valence-corrected chi connectivity index (χ1v) is 6.22. The molecule has 0 unspecified atom stereocenters. The molecular formula is C15H10N4O2. The van der Waals surface area contributed by atoms with Gasteiger partial charge in [-0.25, -0.2) is 4.98 Å². The number of rotatable bonds is 3. The van der Waals surface area contributed by atoms with E-state index in [1.807, 2.05) is 6.07 Å². The van der Waals surface area contributed by atoms with Crippen LogP contribution in [0.15, 0.2) is 47.5 Å². The quantitative estimate of drug-likeness (QED) is 0.788. The van der Waals surface area contributed by atoms with Crippen molar-refractivity contribution in [3.63, 3.8) is 0 Å². The molecular weight excluding hydrogens is 268 g/mol. The van der Waals surface area contributed by atoms with Crippen molar-refractivity contribution < 1.29 is 4.74 Å². The second-order valence-corrected chi connectivity index (χ2v) is 4.33.